The van der Waals surface area contributed by atoms with E-state index in [1.54, 1.807) is 17.1 Å². The fraction of sp³-hybridized carbons (Fsp3) is 0.429. The molecule has 0 amide bonds. The quantitative estimate of drug-likeness (QED) is 0.880. The van der Waals surface area contributed by atoms with Crippen molar-refractivity contribution >= 4 is 16.6 Å². The molecule has 0 saturated carbocycles. The lowest BCUT2D eigenvalue weighted by atomic mass is 10.1. The third kappa shape index (κ3) is 2.72. The molecule has 1 aromatic carbocycles. The van der Waals surface area contributed by atoms with Crippen molar-refractivity contribution in [2.24, 2.45) is 0 Å². The molecule has 1 N–H and O–H groups in total. The molecule has 0 atom stereocenters. The van der Waals surface area contributed by atoms with Gasteiger partial charge in [-0.25, -0.2) is 4.98 Å². The Hall–Kier alpha value is -2.05. The lowest BCUT2D eigenvalue weighted by molar-refractivity contribution is -0.144. The van der Waals surface area contributed by atoms with Crippen LogP contribution in [0.4, 0.5) is 18.9 Å². The molecule has 0 aliphatic carbocycles. The van der Waals surface area contributed by atoms with Crippen LogP contribution in [0.1, 0.15) is 25.1 Å². The van der Waals surface area contributed by atoms with Crippen molar-refractivity contribution in [2.75, 3.05) is 18.0 Å². The molecule has 21 heavy (non-hydrogen) atoms. The maximum Gasteiger partial charge on any atom is 0.449 e. The van der Waals surface area contributed by atoms with Crippen molar-refractivity contribution in [1.82, 2.24) is 9.97 Å². The highest BCUT2D eigenvalue weighted by Gasteiger charge is 2.34. The van der Waals surface area contributed by atoms with Crippen LogP contribution in [-0.2, 0) is 6.18 Å². The van der Waals surface area contributed by atoms with E-state index in [-0.39, 0.29) is 10.9 Å². The molecule has 0 radical (unpaired) electrons. The Morgan fingerprint density at radius 1 is 1.14 bits per heavy atom. The Labute approximate surface area is 118 Å². The third-order valence-corrected chi connectivity index (χ3v) is 3.68. The summed E-state index contributed by atoms with van der Waals surface area (Å²) in [5, 5.41) is 0.170. The molecule has 1 aromatic heterocycles. The predicted molar refractivity (Wildman–Crippen MR) is 73.4 cm³/mol. The van der Waals surface area contributed by atoms with Gasteiger partial charge in [0, 0.05) is 18.8 Å². The van der Waals surface area contributed by atoms with E-state index in [1.165, 1.54) is 12.5 Å². The zero-order chi connectivity index (χ0) is 15.0. The lowest BCUT2D eigenvalue weighted by Gasteiger charge is -2.28. The minimum atomic E-state index is -4.66. The van der Waals surface area contributed by atoms with Crippen LogP contribution in [0.25, 0.3) is 10.9 Å². The molecule has 1 aliphatic rings. The summed E-state index contributed by atoms with van der Waals surface area (Å²) < 4.78 is 38.1. The molecule has 7 heteroatoms. The van der Waals surface area contributed by atoms with Crippen molar-refractivity contribution < 1.29 is 13.2 Å². The number of benzene rings is 1. The number of fused-ring (bicyclic) bond motifs is 1. The number of piperidine rings is 1. The van der Waals surface area contributed by atoms with E-state index >= 15 is 0 Å². The molecule has 1 saturated heterocycles. The number of aromatic nitrogens is 2. The van der Waals surface area contributed by atoms with E-state index in [0.717, 1.165) is 31.6 Å². The number of H-pyrrole nitrogens is 1. The highest BCUT2D eigenvalue weighted by atomic mass is 19.4. The van der Waals surface area contributed by atoms with Gasteiger partial charge in [-0.2, -0.15) is 13.2 Å². The summed E-state index contributed by atoms with van der Waals surface area (Å²) in [6.07, 6.45) is -1.36. The van der Waals surface area contributed by atoms with Crippen LogP contribution >= 0.6 is 0 Å². The standard InChI is InChI=1S/C14H14F3N3O/c15-14(16,17)13-18-11-8-9(20-6-2-1-3-7-20)4-5-10(11)12(21)19-13/h4-5,8H,1-3,6-7H2,(H,18,19,21). The number of anilines is 1. The van der Waals surface area contributed by atoms with Gasteiger partial charge < -0.3 is 9.88 Å². The van der Waals surface area contributed by atoms with E-state index in [0.29, 0.717) is 0 Å². The Balaban J connectivity index is 2.09. The van der Waals surface area contributed by atoms with Crippen LogP contribution in [0.5, 0.6) is 0 Å². The van der Waals surface area contributed by atoms with Gasteiger partial charge >= 0.3 is 6.18 Å². The Morgan fingerprint density at radius 3 is 2.52 bits per heavy atom. The van der Waals surface area contributed by atoms with Crippen molar-refractivity contribution in [3.8, 4) is 0 Å². The van der Waals surface area contributed by atoms with Crippen molar-refractivity contribution in [3.63, 3.8) is 0 Å². The summed E-state index contributed by atoms with van der Waals surface area (Å²) in [5.74, 6) is -1.25. The fourth-order valence-electron chi connectivity index (χ4n) is 2.61. The molecule has 3 rings (SSSR count). The summed E-state index contributed by atoms with van der Waals surface area (Å²) in [6.45, 7) is 1.75. The summed E-state index contributed by atoms with van der Waals surface area (Å²) in [7, 11) is 0. The van der Waals surface area contributed by atoms with Gasteiger partial charge in [0.1, 0.15) is 0 Å². The second-order valence-electron chi connectivity index (χ2n) is 5.16. The van der Waals surface area contributed by atoms with E-state index in [9.17, 15) is 18.0 Å². The number of hydrogen-bond acceptors (Lipinski definition) is 3. The fourth-order valence-corrected chi connectivity index (χ4v) is 2.61. The highest BCUT2D eigenvalue weighted by Crippen LogP contribution is 2.27. The van der Waals surface area contributed by atoms with Crippen LogP contribution in [0.3, 0.4) is 0 Å². The number of nitrogens with one attached hydrogen (secondary N) is 1. The normalized spacial score (nSPS) is 16.4. The van der Waals surface area contributed by atoms with Crippen molar-refractivity contribution in [2.45, 2.75) is 25.4 Å². The summed E-state index contributed by atoms with van der Waals surface area (Å²) in [6, 6.07) is 4.86. The molecule has 1 aliphatic heterocycles. The largest absolute Gasteiger partial charge is 0.449 e. The highest BCUT2D eigenvalue weighted by molar-refractivity contribution is 5.81. The number of hydrogen-bond donors (Lipinski definition) is 1. The van der Waals surface area contributed by atoms with Crippen LogP contribution in [0, 0.1) is 0 Å². The van der Waals surface area contributed by atoms with E-state index in [2.05, 4.69) is 9.88 Å². The molecule has 0 unspecified atom stereocenters. The molecule has 0 spiro atoms. The third-order valence-electron chi connectivity index (χ3n) is 3.68. The first kappa shape index (κ1) is 13.9. The van der Waals surface area contributed by atoms with Crippen molar-refractivity contribution in [1.29, 1.82) is 0 Å². The van der Waals surface area contributed by atoms with E-state index in [4.69, 9.17) is 0 Å². The van der Waals surface area contributed by atoms with Gasteiger partial charge in [0.25, 0.3) is 5.56 Å². The first-order valence-electron chi connectivity index (χ1n) is 6.81. The van der Waals surface area contributed by atoms with Gasteiger partial charge in [-0.15, -0.1) is 0 Å². The van der Waals surface area contributed by atoms with Gasteiger partial charge in [-0.1, -0.05) is 0 Å². The van der Waals surface area contributed by atoms with Crippen molar-refractivity contribution in [3.05, 3.63) is 34.4 Å². The van der Waals surface area contributed by atoms with Gasteiger partial charge in [0.05, 0.1) is 10.9 Å². The first-order chi connectivity index (χ1) is 9.95. The average Bonchev–Trinajstić information content (AvgIpc) is 2.46. The van der Waals surface area contributed by atoms with Crippen LogP contribution in [-0.4, -0.2) is 23.1 Å². The number of nitrogens with zero attached hydrogens (tertiary/aromatic N) is 2. The lowest BCUT2D eigenvalue weighted by Crippen LogP contribution is -2.29. The topological polar surface area (TPSA) is 49.0 Å². The van der Waals surface area contributed by atoms with Crippen LogP contribution < -0.4 is 10.5 Å². The first-order valence-corrected chi connectivity index (χ1v) is 6.81. The summed E-state index contributed by atoms with van der Waals surface area (Å²) in [5.41, 5.74) is 0.125. The van der Waals surface area contributed by atoms with Gasteiger partial charge in [-0.05, 0) is 37.5 Å². The van der Waals surface area contributed by atoms with Crippen LogP contribution in [0.15, 0.2) is 23.0 Å². The smallest absolute Gasteiger partial charge is 0.371 e. The van der Waals surface area contributed by atoms with E-state index < -0.39 is 17.6 Å². The number of aromatic amines is 1. The summed E-state index contributed by atoms with van der Waals surface area (Å²) in [4.78, 5) is 19.2. The predicted octanol–water partition coefficient (Wildman–Crippen LogP) is 2.93. The minimum absolute atomic E-state index is 0.0779. The Bertz CT molecular complexity index is 717. The second kappa shape index (κ2) is 5.05. The zero-order valence-corrected chi connectivity index (χ0v) is 11.2. The summed E-state index contributed by atoms with van der Waals surface area (Å²) >= 11 is 0. The zero-order valence-electron chi connectivity index (χ0n) is 11.2. The molecular weight excluding hydrogens is 283 g/mol. The second-order valence-corrected chi connectivity index (χ2v) is 5.16. The molecule has 4 nitrogen and oxygen atoms in total. The van der Waals surface area contributed by atoms with Crippen LogP contribution in [0.2, 0.25) is 0 Å². The molecular formula is C14H14F3N3O. The van der Waals surface area contributed by atoms with Gasteiger partial charge in [0.15, 0.2) is 0 Å². The maximum atomic E-state index is 12.7. The number of halogens is 3. The Kier molecular flexibility index (Phi) is 3.35. The SMILES string of the molecule is O=c1[nH]c(C(F)(F)F)nc2cc(N3CCCCC3)ccc12. The van der Waals surface area contributed by atoms with Gasteiger partial charge in [0.2, 0.25) is 5.82 Å². The van der Waals surface area contributed by atoms with E-state index in [1.807, 2.05) is 0 Å². The molecule has 2 heterocycles. The molecule has 2 aromatic rings. The molecule has 112 valence electrons. The number of rotatable bonds is 1. The number of alkyl halides is 3. The Morgan fingerprint density at radius 2 is 1.86 bits per heavy atom. The molecule has 1 fully saturated rings. The maximum absolute atomic E-state index is 12.7. The molecule has 0 bridgehead atoms. The monoisotopic (exact) mass is 297 g/mol. The average molecular weight is 297 g/mol. The minimum Gasteiger partial charge on any atom is -0.371 e. The van der Waals surface area contributed by atoms with Gasteiger partial charge in [-0.3, -0.25) is 4.79 Å².